The van der Waals surface area contributed by atoms with E-state index >= 15 is 0 Å². The van der Waals surface area contributed by atoms with Crippen molar-refractivity contribution in [3.8, 4) is 11.4 Å². The number of aromatic nitrogens is 2. The first-order chi connectivity index (χ1) is 14.6. The Balaban J connectivity index is 1.67. The van der Waals surface area contributed by atoms with Crippen LogP contribution in [0.15, 0.2) is 29.1 Å². The highest BCUT2D eigenvalue weighted by Gasteiger charge is 2.25. The summed E-state index contributed by atoms with van der Waals surface area (Å²) in [6.07, 6.45) is 4.20. The van der Waals surface area contributed by atoms with E-state index in [0.717, 1.165) is 52.6 Å². The Morgan fingerprint density at radius 2 is 2.00 bits per heavy atom. The fourth-order valence-electron chi connectivity index (χ4n) is 4.44. The van der Waals surface area contributed by atoms with Gasteiger partial charge in [0.2, 0.25) is 5.91 Å². The molecule has 0 N–H and O–H groups in total. The Labute approximate surface area is 179 Å². The molecule has 0 bridgehead atoms. The Bertz CT molecular complexity index is 1170. The van der Waals surface area contributed by atoms with Gasteiger partial charge in [0.25, 0.3) is 5.56 Å². The van der Waals surface area contributed by atoms with E-state index in [1.807, 2.05) is 31.2 Å². The summed E-state index contributed by atoms with van der Waals surface area (Å²) in [6, 6.07) is 7.97. The molecule has 1 saturated heterocycles. The topological polar surface area (TPSA) is 64.4 Å². The van der Waals surface area contributed by atoms with E-state index in [2.05, 4.69) is 0 Å². The van der Waals surface area contributed by atoms with Crippen LogP contribution in [0.2, 0.25) is 0 Å². The third-order valence-corrected chi connectivity index (χ3v) is 7.19. The van der Waals surface area contributed by atoms with Crippen LogP contribution in [0.3, 0.4) is 0 Å². The van der Waals surface area contributed by atoms with Gasteiger partial charge in [-0.25, -0.2) is 4.98 Å². The number of rotatable bonds is 3. The number of aryl methyl sites for hydroxylation is 3. The Hall–Kier alpha value is -2.51. The SMILES string of the molecule is Cc1cccc(-c2nc3sc4c(c3c(=O)n2CC(=O)N2CCOCC2)CCCC4)c1. The number of carbonyl (C=O) groups is 1. The Kier molecular flexibility index (Phi) is 5.16. The van der Waals surface area contributed by atoms with Gasteiger partial charge >= 0.3 is 0 Å². The van der Waals surface area contributed by atoms with Gasteiger partial charge < -0.3 is 9.64 Å². The summed E-state index contributed by atoms with van der Waals surface area (Å²) in [5.74, 6) is 0.524. The van der Waals surface area contributed by atoms with Crippen LogP contribution >= 0.6 is 11.3 Å². The summed E-state index contributed by atoms with van der Waals surface area (Å²) in [5, 5.41) is 0.723. The molecule has 1 aromatic carbocycles. The maximum atomic E-state index is 13.7. The molecule has 7 heteroatoms. The first kappa shape index (κ1) is 19.5. The summed E-state index contributed by atoms with van der Waals surface area (Å²) in [5.41, 5.74) is 3.04. The predicted molar refractivity (Wildman–Crippen MR) is 118 cm³/mol. The van der Waals surface area contributed by atoms with E-state index in [1.54, 1.807) is 20.8 Å². The number of benzene rings is 1. The molecule has 2 aromatic heterocycles. The fraction of sp³-hybridized carbons (Fsp3) is 0.435. The fourth-order valence-corrected chi connectivity index (χ4v) is 5.69. The van der Waals surface area contributed by atoms with Crippen molar-refractivity contribution in [3.05, 3.63) is 50.6 Å². The molecule has 30 heavy (non-hydrogen) atoms. The molecule has 6 nitrogen and oxygen atoms in total. The maximum absolute atomic E-state index is 13.7. The molecule has 0 spiro atoms. The van der Waals surface area contributed by atoms with Crippen molar-refractivity contribution in [1.82, 2.24) is 14.5 Å². The molecule has 0 unspecified atom stereocenters. The summed E-state index contributed by atoms with van der Waals surface area (Å²) >= 11 is 1.65. The van der Waals surface area contributed by atoms with Gasteiger partial charge in [-0.05, 0) is 44.2 Å². The lowest BCUT2D eigenvalue weighted by atomic mass is 9.97. The van der Waals surface area contributed by atoms with Gasteiger partial charge in [0.1, 0.15) is 17.2 Å². The Morgan fingerprint density at radius 3 is 2.80 bits per heavy atom. The quantitative estimate of drug-likeness (QED) is 0.649. The summed E-state index contributed by atoms with van der Waals surface area (Å²) in [7, 11) is 0. The summed E-state index contributed by atoms with van der Waals surface area (Å²) < 4.78 is 6.96. The van der Waals surface area contributed by atoms with Crippen molar-refractivity contribution in [1.29, 1.82) is 0 Å². The van der Waals surface area contributed by atoms with Gasteiger partial charge in [-0.2, -0.15) is 0 Å². The third-order valence-electron chi connectivity index (χ3n) is 6.01. The first-order valence-corrected chi connectivity index (χ1v) is 11.4. The average Bonchev–Trinajstić information content (AvgIpc) is 3.15. The second-order valence-corrected chi connectivity index (χ2v) is 9.16. The second-order valence-electron chi connectivity index (χ2n) is 8.08. The zero-order valence-electron chi connectivity index (χ0n) is 17.1. The van der Waals surface area contributed by atoms with Crippen molar-refractivity contribution in [2.45, 2.75) is 39.2 Å². The minimum absolute atomic E-state index is 0.00959. The van der Waals surface area contributed by atoms with Crippen molar-refractivity contribution >= 4 is 27.5 Å². The molecule has 1 amide bonds. The van der Waals surface area contributed by atoms with Crippen molar-refractivity contribution in [2.75, 3.05) is 26.3 Å². The molecule has 2 aliphatic rings. The van der Waals surface area contributed by atoms with Gasteiger partial charge in [0, 0.05) is 23.5 Å². The zero-order chi connectivity index (χ0) is 20.7. The highest BCUT2D eigenvalue weighted by atomic mass is 32.1. The number of fused-ring (bicyclic) bond motifs is 3. The van der Waals surface area contributed by atoms with Crippen molar-refractivity contribution in [2.24, 2.45) is 0 Å². The number of nitrogens with zero attached hydrogens (tertiary/aromatic N) is 3. The Morgan fingerprint density at radius 1 is 1.20 bits per heavy atom. The number of hydrogen-bond acceptors (Lipinski definition) is 5. The normalized spacial score (nSPS) is 16.6. The van der Waals surface area contributed by atoms with Crippen LogP contribution in [0, 0.1) is 6.92 Å². The lowest BCUT2D eigenvalue weighted by molar-refractivity contribution is -0.135. The van der Waals surface area contributed by atoms with Crippen LogP contribution in [0.4, 0.5) is 0 Å². The largest absolute Gasteiger partial charge is 0.378 e. The van der Waals surface area contributed by atoms with Crippen molar-refractivity contribution < 1.29 is 9.53 Å². The molecule has 0 saturated carbocycles. The number of morpholine rings is 1. The highest BCUT2D eigenvalue weighted by Crippen LogP contribution is 2.35. The van der Waals surface area contributed by atoms with Gasteiger partial charge in [-0.1, -0.05) is 23.8 Å². The number of hydrogen-bond donors (Lipinski definition) is 0. The molecule has 0 radical (unpaired) electrons. The molecule has 156 valence electrons. The molecule has 3 aromatic rings. The molecular formula is C23H25N3O3S. The van der Waals surface area contributed by atoms with Gasteiger partial charge in [-0.3, -0.25) is 14.2 Å². The standard InChI is InChI=1S/C23H25N3O3S/c1-15-5-4-6-16(13-15)21-24-22-20(17-7-2-3-8-18(17)30-22)23(28)26(21)14-19(27)25-9-11-29-12-10-25/h4-6,13H,2-3,7-12,14H2,1H3. The van der Waals surface area contributed by atoms with E-state index in [9.17, 15) is 9.59 Å². The van der Waals surface area contributed by atoms with Gasteiger partial charge in [0.05, 0.1) is 18.6 Å². The highest BCUT2D eigenvalue weighted by molar-refractivity contribution is 7.18. The van der Waals surface area contributed by atoms with E-state index in [1.165, 1.54) is 4.88 Å². The molecule has 5 rings (SSSR count). The lowest BCUT2D eigenvalue weighted by Crippen LogP contribution is -2.43. The summed E-state index contributed by atoms with van der Waals surface area (Å²) in [6.45, 7) is 4.25. The van der Waals surface area contributed by atoms with Crippen LogP contribution < -0.4 is 5.56 Å². The van der Waals surface area contributed by atoms with Crippen molar-refractivity contribution in [3.63, 3.8) is 0 Å². The lowest BCUT2D eigenvalue weighted by Gasteiger charge is -2.27. The molecule has 0 atom stereocenters. The van der Waals surface area contributed by atoms with Crippen LogP contribution in [-0.4, -0.2) is 46.7 Å². The van der Waals surface area contributed by atoms with E-state index in [4.69, 9.17) is 9.72 Å². The van der Waals surface area contributed by atoms with E-state index in [0.29, 0.717) is 32.1 Å². The third kappa shape index (κ3) is 3.46. The van der Waals surface area contributed by atoms with Crippen LogP contribution in [0.1, 0.15) is 28.8 Å². The van der Waals surface area contributed by atoms with Gasteiger partial charge in [0.15, 0.2) is 0 Å². The van der Waals surface area contributed by atoms with E-state index < -0.39 is 0 Å². The smallest absolute Gasteiger partial charge is 0.263 e. The molecule has 1 fully saturated rings. The van der Waals surface area contributed by atoms with E-state index in [-0.39, 0.29) is 18.0 Å². The number of carbonyl (C=O) groups excluding carboxylic acids is 1. The molecule has 1 aliphatic carbocycles. The number of thiophene rings is 1. The van der Waals surface area contributed by atoms with Crippen LogP contribution in [0.25, 0.3) is 21.6 Å². The van der Waals surface area contributed by atoms with Gasteiger partial charge in [-0.15, -0.1) is 11.3 Å². The maximum Gasteiger partial charge on any atom is 0.263 e. The predicted octanol–water partition coefficient (Wildman–Crippen LogP) is 3.17. The molecule has 3 heterocycles. The second kappa shape index (κ2) is 7.96. The minimum atomic E-state index is -0.0856. The monoisotopic (exact) mass is 423 g/mol. The first-order valence-electron chi connectivity index (χ1n) is 10.6. The van der Waals surface area contributed by atoms with Crippen LogP contribution in [0.5, 0.6) is 0 Å². The zero-order valence-corrected chi connectivity index (χ0v) is 18.0. The van der Waals surface area contributed by atoms with Crippen LogP contribution in [-0.2, 0) is 28.9 Å². The molecular weight excluding hydrogens is 398 g/mol. The number of ether oxygens (including phenoxy) is 1. The minimum Gasteiger partial charge on any atom is -0.378 e. The molecule has 1 aliphatic heterocycles. The average molecular weight is 424 g/mol. The summed E-state index contributed by atoms with van der Waals surface area (Å²) in [4.78, 5) is 35.5. The number of amides is 1.